The molecule has 138 valence electrons. The molecule has 0 aliphatic rings. The predicted molar refractivity (Wildman–Crippen MR) is 118 cm³/mol. The van der Waals surface area contributed by atoms with E-state index in [1.807, 2.05) is 0 Å². The van der Waals surface area contributed by atoms with E-state index in [0.29, 0.717) is 5.92 Å². The van der Waals surface area contributed by atoms with Crippen molar-refractivity contribution in [1.29, 1.82) is 0 Å². The zero-order chi connectivity index (χ0) is 18.8. The van der Waals surface area contributed by atoms with Gasteiger partial charge < -0.3 is 8.23 Å². The van der Waals surface area contributed by atoms with E-state index in [1.54, 1.807) is 0 Å². The van der Waals surface area contributed by atoms with Gasteiger partial charge in [0.15, 0.2) is 32.3 Å². The lowest BCUT2D eigenvalue weighted by molar-refractivity contribution is 0.511. The fourth-order valence-corrected chi connectivity index (χ4v) is 31.1. The first-order valence-corrected chi connectivity index (χ1v) is 22.4. The normalized spacial score (nSPS) is 17.4. The Kier molecular flexibility index (Phi) is 7.09. The summed E-state index contributed by atoms with van der Waals surface area (Å²) in [5.74, 6) is 0.524. The first-order valence-electron chi connectivity index (χ1n) is 9.11. The highest BCUT2D eigenvalue weighted by atomic mass is 29.3. The SMILES string of the molecule is CC(C[Si](C)(O[Si](C)(C)C)[Si](C)(C)O[Si](C)(C)C)c1ccccc1. The molecule has 2 nitrogen and oxygen atoms in total. The summed E-state index contributed by atoms with van der Waals surface area (Å²) in [6, 6.07) is 12.0. The summed E-state index contributed by atoms with van der Waals surface area (Å²) >= 11 is 0. The second-order valence-electron chi connectivity index (χ2n) is 9.69. The molecular formula is C18H38O2Si4. The van der Waals surface area contributed by atoms with Crippen LogP contribution in [0.5, 0.6) is 0 Å². The predicted octanol–water partition coefficient (Wildman–Crippen LogP) is 6.35. The van der Waals surface area contributed by atoms with Gasteiger partial charge in [0.1, 0.15) is 0 Å². The fourth-order valence-electron chi connectivity index (χ4n) is 3.44. The van der Waals surface area contributed by atoms with E-state index in [1.165, 1.54) is 5.56 Å². The zero-order valence-corrected chi connectivity index (χ0v) is 21.5. The van der Waals surface area contributed by atoms with Crippen LogP contribution in [0.4, 0.5) is 0 Å². The smallest absolute Gasteiger partial charge is 0.194 e. The Bertz CT molecular complexity index is 520. The van der Waals surface area contributed by atoms with Gasteiger partial charge in [0.05, 0.1) is 0 Å². The molecule has 0 saturated carbocycles. The van der Waals surface area contributed by atoms with Crippen LogP contribution in [0.2, 0.25) is 65.0 Å². The molecule has 0 aliphatic carbocycles. The topological polar surface area (TPSA) is 18.5 Å². The minimum atomic E-state index is -1.96. The van der Waals surface area contributed by atoms with Gasteiger partial charge in [0.25, 0.3) is 0 Å². The van der Waals surface area contributed by atoms with E-state index in [0.717, 1.165) is 6.04 Å². The van der Waals surface area contributed by atoms with Gasteiger partial charge in [-0.05, 0) is 76.4 Å². The summed E-state index contributed by atoms with van der Waals surface area (Å²) in [5, 5.41) is 0. The third kappa shape index (κ3) is 6.72. The van der Waals surface area contributed by atoms with Gasteiger partial charge >= 0.3 is 0 Å². The van der Waals surface area contributed by atoms with Crippen LogP contribution in [0.3, 0.4) is 0 Å². The zero-order valence-electron chi connectivity index (χ0n) is 17.5. The molecule has 0 heterocycles. The van der Waals surface area contributed by atoms with E-state index in [-0.39, 0.29) is 0 Å². The second kappa shape index (κ2) is 7.71. The van der Waals surface area contributed by atoms with E-state index >= 15 is 0 Å². The van der Waals surface area contributed by atoms with Crippen molar-refractivity contribution in [2.45, 2.75) is 77.8 Å². The first kappa shape index (κ1) is 22.0. The summed E-state index contributed by atoms with van der Waals surface area (Å²) in [6.45, 7) is 23.5. The van der Waals surface area contributed by atoms with E-state index in [2.05, 4.69) is 96.2 Å². The lowest BCUT2D eigenvalue weighted by Gasteiger charge is -2.47. The molecule has 1 rings (SSSR count). The first-order chi connectivity index (χ1) is 10.7. The Morgan fingerprint density at radius 3 is 1.62 bits per heavy atom. The van der Waals surface area contributed by atoms with Gasteiger partial charge in [-0.3, -0.25) is 0 Å². The standard InChI is InChI=1S/C18H38O2Si4/c1-17(18-14-12-11-13-15-18)16-24(10,20-22(5,6)7)23(8,9)19-21(2,3)4/h11-15,17H,16H2,1-10H3. The van der Waals surface area contributed by atoms with Gasteiger partial charge in [-0.15, -0.1) is 0 Å². The quantitative estimate of drug-likeness (QED) is 0.475. The van der Waals surface area contributed by atoms with Crippen LogP contribution in [0.15, 0.2) is 30.3 Å². The number of benzene rings is 1. The third-order valence-electron chi connectivity index (χ3n) is 4.43. The summed E-state index contributed by atoms with van der Waals surface area (Å²) in [6.07, 6.45) is 0. The molecule has 0 fully saturated rings. The fraction of sp³-hybridized carbons (Fsp3) is 0.667. The van der Waals surface area contributed by atoms with Crippen LogP contribution in [0.25, 0.3) is 0 Å². The van der Waals surface area contributed by atoms with Crippen LogP contribution in [-0.2, 0) is 8.23 Å². The van der Waals surface area contributed by atoms with Gasteiger partial charge in [0.2, 0.25) is 0 Å². The Hall–Kier alpha value is 0.00753. The third-order valence-corrected chi connectivity index (χ3v) is 27.2. The van der Waals surface area contributed by atoms with Gasteiger partial charge in [0, 0.05) is 0 Å². The van der Waals surface area contributed by atoms with E-state index in [9.17, 15) is 0 Å². The minimum Gasteiger partial charge on any atom is -0.456 e. The van der Waals surface area contributed by atoms with Crippen molar-refractivity contribution in [2.75, 3.05) is 0 Å². The second-order valence-corrected chi connectivity index (χ2v) is 32.4. The number of hydrogen-bond acceptors (Lipinski definition) is 2. The molecule has 0 saturated heterocycles. The minimum absolute atomic E-state index is 0.524. The lowest BCUT2D eigenvalue weighted by atomic mass is 10.0. The Morgan fingerprint density at radius 1 is 0.750 bits per heavy atom. The molecule has 0 bridgehead atoms. The van der Waals surface area contributed by atoms with Crippen molar-refractivity contribution in [1.82, 2.24) is 0 Å². The molecule has 0 N–H and O–H groups in total. The summed E-state index contributed by atoms with van der Waals surface area (Å²) in [7, 11) is -7.03. The highest BCUT2D eigenvalue weighted by Crippen LogP contribution is 2.36. The van der Waals surface area contributed by atoms with Crippen molar-refractivity contribution >= 4 is 32.3 Å². The molecule has 6 heteroatoms. The molecule has 24 heavy (non-hydrogen) atoms. The molecule has 2 atom stereocenters. The highest BCUT2D eigenvalue weighted by molar-refractivity contribution is 7.38. The molecule has 0 aromatic heterocycles. The van der Waals surface area contributed by atoms with Gasteiger partial charge in [-0.2, -0.15) is 0 Å². The maximum atomic E-state index is 6.96. The van der Waals surface area contributed by atoms with E-state index in [4.69, 9.17) is 8.23 Å². The molecule has 0 amide bonds. The molecule has 1 aromatic rings. The van der Waals surface area contributed by atoms with Crippen LogP contribution < -0.4 is 0 Å². The van der Waals surface area contributed by atoms with Crippen LogP contribution in [0, 0.1) is 0 Å². The van der Waals surface area contributed by atoms with Crippen molar-refractivity contribution in [3.05, 3.63) is 35.9 Å². The molecule has 2 unspecified atom stereocenters. The number of hydrogen-bond donors (Lipinski definition) is 0. The van der Waals surface area contributed by atoms with Crippen molar-refractivity contribution in [2.24, 2.45) is 0 Å². The molecule has 1 aromatic carbocycles. The molecule has 0 radical (unpaired) electrons. The van der Waals surface area contributed by atoms with Crippen molar-refractivity contribution in [3.63, 3.8) is 0 Å². The molecular weight excluding hydrogens is 361 g/mol. The van der Waals surface area contributed by atoms with Gasteiger partial charge in [-0.25, -0.2) is 0 Å². The van der Waals surface area contributed by atoms with Crippen molar-refractivity contribution < 1.29 is 8.23 Å². The Balaban J connectivity index is 3.14. The van der Waals surface area contributed by atoms with Crippen LogP contribution >= 0.6 is 0 Å². The van der Waals surface area contributed by atoms with Crippen molar-refractivity contribution in [3.8, 4) is 0 Å². The Morgan fingerprint density at radius 2 is 1.21 bits per heavy atom. The summed E-state index contributed by atoms with van der Waals surface area (Å²) in [4.78, 5) is 0. The van der Waals surface area contributed by atoms with Gasteiger partial charge in [-0.1, -0.05) is 37.3 Å². The lowest BCUT2D eigenvalue weighted by Crippen LogP contribution is -2.67. The van der Waals surface area contributed by atoms with Crippen LogP contribution in [0.1, 0.15) is 18.4 Å². The monoisotopic (exact) mass is 398 g/mol. The number of rotatable bonds is 8. The maximum absolute atomic E-state index is 6.96. The van der Waals surface area contributed by atoms with Crippen LogP contribution in [-0.4, -0.2) is 32.3 Å². The average Bonchev–Trinajstić information content (AvgIpc) is 2.34. The largest absolute Gasteiger partial charge is 0.456 e. The molecule has 0 spiro atoms. The average molecular weight is 399 g/mol. The maximum Gasteiger partial charge on any atom is 0.194 e. The summed E-state index contributed by atoms with van der Waals surface area (Å²) < 4.78 is 13.8. The molecule has 0 aliphatic heterocycles. The highest BCUT2D eigenvalue weighted by Gasteiger charge is 2.52. The summed E-state index contributed by atoms with van der Waals surface area (Å²) in [5.41, 5.74) is 1.42. The van der Waals surface area contributed by atoms with E-state index < -0.39 is 32.3 Å². The Labute approximate surface area is 154 Å².